The van der Waals surface area contributed by atoms with E-state index in [2.05, 4.69) is 10.6 Å². The molecule has 1 aromatic rings. The van der Waals surface area contributed by atoms with Gasteiger partial charge in [0.05, 0.1) is 0 Å². The number of urea groups is 1. The van der Waals surface area contributed by atoms with E-state index in [1.54, 1.807) is 24.3 Å². The van der Waals surface area contributed by atoms with E-state index >= 15 is 0 Å². The van der Waals surface area contributed by atoms with Crippen LogP contribution in [0.3, 0.4) is 0 Å². The second-order valence-corrected chi connectivity index (χ2v) is 5.30. The van der Waals surface area contributed by atoms with Gasteiger partial charge >= 0.3 is 12.0 Å². The Morgan fingerprint density at radius 2 is 1.87 bits per heavy atom. The van der Waals surface area contributed by atoms with Crippen molar-refractivity contribution in [1.29, 1.82) is 0 Å². The van der Waals surface area contributed by atoms with Crippen molar-refractivity contribution in [2.75, 3.05) is 11.9 Å². The van der Waals surface area contributed by atoms with Gasteiger partial charge in [-0.1, -0.05) is 19.1 Å². The fraction of sp³-hybridized carbons (Fsp3) is 0.438. The summed E-state index contributed by atoms with van der Waals surface area (Å²) in [6.07, 6.45) is 1.33. The van der Waals surface area contributed by atoms with E-state index in [-0.39, 0.29) is 24.4 Å². The third-order valence-corrected chi connectivity index (χ3v) is 3.22. The lowest BCUT2D eigenvalue weighted by Gasteiger charge is -2.12. The van der Waals surface area contributed by atoms with Crippen molar-refractivity contribution < 1.29 is 19.1 Å². The highest BCUT2D eigenvalue weighted by atomic mass is 16.5. The molecule has 0 spiro atoms. The normalized spacial score (nSPS) is 11.4. The average Bonchev–Trinajstić information content (AvgIpc) is 2.50. The number of amides is 3. The molecule has 0 saturated carbocycles. The van der Waals surface area contributed by atoms with E-state index in [1.165, 1.54) is 6.92 Å². The molecular formula is C16H23N3O4. The molecule has 0 aromatic heterocycles. The van der Waals surface area contributed by atoms with Gasteiger partial charge in [-0.2, -0.15) is 0 Å². The van der Waals surface area contributed by atoms with Gasteiger partial charge in [0, 0.05) is 25.1 Å². The first kappa shape index (κ1) is 18.5. The van der Waals surface area contributed by atoms with Crippen LogP contribution in [0.5, 0.6) is 0 Å². The summed E-state index contributed by atoms with van der Waals surface area (Å²) in [5, 5.41) is 5.31. The van der Waals surface area contributed by atoms with Crippen LogP contribution in [0, 0.1) is 5.92 Å². The van der Waals surface area contributed by atoms with Gasteiger partial charge in [-0.05, 0) is 30.5 Å². The fourth-order valence-corrected chi connectivity index (χ4v) is 1.89. The van der Waals surface area contributed by atoms with E-state index in [9.17, 15) is 14.4 Å². The summed E-state index contributed by atoms with van der Waals surface area (Å²) in [5.41, 5.74) is 6.50. The van der Waals surface area contributed by atoms with E-state index < -0.39 is 6.03 Å². The predicted molar refractivity (Wildman–Crippen MR) is 86.5 cm³/mol. The SMILES string of the molecule is CC(=O)OCc1ccc(NC(=O)C(C)CCCNC(N)=O)cc1. The maximum Gasteiger partial charge on any atom is 0.312 e. The number of nitrogens with one attached hydrogen (secondary N) is 2. The number of carbonyl (C=O) groups is 3. The summed E-state index contributed by atoms with van der Waals surface area (Å²) in [4.78, 5) is 33.3. The molecule has 0 aliphatic heterocycles. The molecule has 0 heterocycles. The molecule has 0 radical (unpaired) electrons. The van der Waals surface area contributed by atoms with Gasteiger partial charge in [0.25, 0.3) is 0 Å². The molecule has 126 valence electrons. The summed E-state index contributed by atoms with van der Waals surface area (Å²) in [7, 11) is 0. The number of anilines is 1. The second-order valence-electron chi connectivity index (χ2n) is 5.30. The molecule has 0 saturated heterocycles. The van der Waals surface area contributed by atoms with Gasteiger partial charge in [-0.15, -0.1) is 0 Å². The number of ether oxygens (including phenoxy) is 1. The topological polar surface area (TPSA) is 111 Å². The Hall–Kier alpha value is -2.57. The quantitative estimate of drug-likeness (QED) is 0.500. The summed E-state index contributed by atoms with van der Waals surface area (Å²) in [5.74, 6) is -0.593. The summed E-state index contributed by atoms with van der Waals surface area (Å²) in [6.45, 7) is 3.86. The highest BCUT2D eigenvalue weighted by Crippen LogP contribution is 2.13. The zero-order valence-corrected chi connectivity index (χ0v) is 13.4. The smallest absolute Gasteiger partial charge is 0.312 e. The lowest BCUT2D eigenvalue weighted by Crippen LogP contribution is -2.30. The van der Waals surface area contributed by atoms with E-state index in [4.69, 9.17) is 10.5 Å². The van der Waals surface area contributed by atoms with Crippen molar-refractivity contribution in [2.45, 2.75) is 33.3 Å². The lowest BCUT2D eigenvalue weighted by molar-refractivity contribution is -0.142. The lowest BCUT2D eigenvalue weighted by atomic mass is 10.0. The Balaban J connectivity index is 2.38. The number of nitrogens with two attached hydrogens (primary N) is 1. The van der Waals surface area contributed by atoms with Crippen molar-refractivity contribution in [2.24, 2.45) is 11.7 Å². The predicted octanol–water partition coefficient (Wildman–Crippen LogP) is 1.77. The van der Waals surface area contributed by atoms with E-state index in [1.807, 2.05) is 6.92 Å². The molecule has 1 atom stereocenters. The molecule has 23 heavy (non-hydrogen) atoms. The molecule has 0 bridgehead atoms. The molecular weight excluding hydrogens is 298 g/mol. The van der Waals surface area contributed by atoms with Gasteiger partial charge in [0.1, 0.15) is 6.61 Å². The monoisotopic (exact) mass is 321 g/mol. The van der Waals surface area contributed by atoms with Crippen LogP contribution in [0.4, 0.5) is 10.5 Å². The van der Waals surface area contributed by atoms with Crippen molar-refractivity contribution in [3.05, 3.63) is 29.8 Å². The van der Waals surface area contributed by atoms with Crippen molar-refractivity contribution >= 4 is 23.6 Å². The first-order valence-corrected chi connectivity index (χ1v) is 7.45. The Labute approximate surface area is 135 Å². The molecule has 7 nitrogen and oxygen atoms in total. The first-order valence-electron chi connectivity index (χ1n) is 7.45. The van der Waals surface area contributed by atoms with Crippen molar-refractivity contribution in [3.8, 4) is 0 Å². The molecule has 0 aliphatic rings. The van der Waals surface area contributed by atoms with E-state index in [0.29, 0.717) is 25.1 Å². The number of rotatable bonds is 8. The zero-order chi connectivity index (χ0) is 17.2. The zero-order valence-electron chi connectivity index (χ0n) is 13.4. The van der Waals surface area contributed by atoms with Crippen LogP contribution in [0.2, 0.25) is 0 Å². The summed E-state index contributed by atoms with van der Waals surface area (Å²) < 4.78 is 4.89. The van der Waals surface area contributed by atoms with Gasteiger partial charge in [0.2, 0.25) is 5.91 Å². The van der Waals surface area contributed by atoms with Crippen LogP contribution in [0.15, 0.2) is 24.3 Å². The number of primary amides is 1. The highest BCUT2D eigenvalue weighted by Gasteiger charge is 2.12. The molecule has 0 fully saturated rings. The molecule has 0 aliphatic carbocycles. The summed E-state index contributed by atoms with van der Waals surface area (Å²) in [6, 6.07) is 6.55. The first-order chi connectivity index (χ1) is 10.9. The van der Waals surface area contributed by atoms with Gasteiger partial charge in [-0.25, -0.2) is 4.79 Å². The average molecular weight is 321 g/mol. The third kappa shape index (κ3) is 7.85. The Morgan fingerprint density at radius 3 is 2.43 bits per heavy atom. The Bertz CT molecular complexity index is 543. The van der Waals surface area contributed by atoms with Crippen LogP contribution in [-0.4, -0.2) is 24.5 Å². The van der Waals surface area contributed by atoms with Crippen molar-refractivity contribution in [3.63, 3.8) is 0 Å². The number of hydrogen-bond acceptors (Lipinski definition) is 4. The molecule has 1 unspecified atom stereocenters. The third-order valence-electron chi connectivity index (χ3n) is 3.22. The largest absolute Gasteiger partial charge is 0.461 e. The van der Waals surface area contributed by atoms with Crippen LogP contribution >= 0.6 is 0 Å². The minimum Gasteiger partial charge on any atom is -0.461 e. The van der Waals surface area contributed by atoms with Crippen LogP contribution in [0.1, 0.15) is 32.3 Å². The van der Waals surface area contributed by atoms with Crippen molar-refractivity contribution in [1.82, 2.24) is 5.32 Å². The van der Waals surface area contributed by atoms with Crippen LogP contribution in [-0.2, 0) is 20.9 Å². The summed E-state index contributed by atoms with van der Waals surface area (Å²) >= 11 is 0. The standard InChI is InChI=1S/C16H23N3O4/c1-11(4-3-9-18-16(17)22)15(21)19-14-7-5-13(6-8-14)10-23-12(2)20/h5-8,11H,3-4,9-10H2,1-2H3,(H,19,21)(H3,17,18,22). The highest BCUT2D eigenvalue weighted by molar-refractivity contribution is 5.92. The van der Waals surface area contributed by atoms with Crippen LogP contribution in [0.25, 0.3) is 0 Å². The Morgan fingerprint density at radius 1 is 1.22 bits per heavy atom. The number of hydrogen-bond donors (Lipinski definition) is 3. The number of benzene rings is 1. The number of esters is 1. The fourth-order valence-electron chi connectivity index (χ4n) is 1.89. The molecule has 1 rings (SSSR count). The van der Waals surface area contributed by atoms with E-state index in [0.717, 1.165) is 5.56 Å². The molecule has 7 heteroatoms. The number of carbonyl (C=O) groups excluding carboxylic acids is 3. The minimum absolute atomic E-state index is 0.0863. The Kier molecular flexibility index (Phi) is 7.59. The maximum atomic E-state index is 12.0. The van der Waals surface area contributed by atoms with Crippen LogP contribution < -0.4 is 16.4 Å². The van der Waals surface area contributed by atoms with Gasteiger partial charge < -0.3 is 21.1 Å². The maximum absolute atomic E-state index is 12.0. The van der Waals surface area contributed by atoms with Gasteiger partial charge in [0.15, 0.2) is 0 Å². The second kappa shape index (κ2) is 9.45. The minimum atomic E-state index is -0.559. The van der Waals surface area contributed by atoms with Gasteiger partial charge in [-0.3, -0.25) is 9.59 Å². The molecule has 4 N–H and O–H groups in total. The molecule has 3 amide bonds. The molecule has 1 aromatic carbocycles.